The Hall–Kier alpha value is -3.33. The van der Waals surface area contributed by atoms with Crippen molar-refractivity contribution in [2.75, 3.05) is 18.0 Å². The van der Waals surface area contributed by atoms with Gasteiger partial charge in [-0.1, -0.05) is 0 Å². The molecule has 0 saturated carbocycles. The number of rotatable bonds is 4. The monoisotopic (exact) mass is 459 g/mol. The highest BCUT2D eigenvalue weighted by Crippen LogP contribution is 2.35. The Morgan fingerprint density at radius 2 is 1.88 bits per heavy atom. The van der Waals surface area contributed by atoms with E-state index in [1.165, 1.54) is 13.0 Å². The van der Waals surface area contributed by atoms with Gasteiger partial charge >= 0.3 is 5.97 Å². The van der Waals surface area contributed by atoms with Crippen LogP contribution in [0.15, 0.2) is 35.3 Å². The van der Waals surface area contributed by atoms with Gasteiger partial charge in [0, 0.05) is 36.5 Å². The molecule has 33 heavy (non-hydrogen) atoms. The predicted molar refractivity (Wildman–Crippen MR) is 120 cm³/mol. The topological polar surface area (TPSA) is 88.6 Å². The van der Waals surface area contributed by atoms with Crippen molar-refractivity contribution in [1.29, 1.82) is 0 Å². The maximum absolute atomic E-state index is 15.5. The standard InChI is InChI=1S/C24H24F3N3O3/c1-12-20-18(9-19(21(12)27)29-7-6-13(10-29)24(2,3)28)30(11-15(22(20)31)23(32)33)17-5-4-14(25)8-16(17)26/h4-5,8-9,11,13H,6-7,10,28H2,1-3H3,(H,32,33)/t13-/m1/s1. The fourth-order valence-electron chi connectivity index (χ4n) is 4.47. The van der Waals surface area contributed by atoms with E-state index in [1.54, 1.807) is 0 Å². The summed E-state index contributed by atoms with van der Waals surface area (Å²) >= 11 is 0. The van der Waals surface area contributed by atoms with Crippen molar-refractivity contribution in [2.45, 2.75) is 32.7 Å². The first-order valence-corrected chi connectivity index (χ1v) is 10.5. The second-order valence-corrected chi connectivity index (χ2v) is 9.12. The van der Waals surface area contributed by atoms with Gasteiger partial charge in [0.25, 0.3) is 0 Å². The van der Waals surface area contributed by atoms with Gasteiger partial charge in [-0.15, -0.1) is 0 Å². The fourth-order valence-corrected chi connectivity index (χ4v) is 4.47. The Morgan fingerprint density at radius 1 is 1.18 bits per heavy atom. The molecular formula is C24H24F3N3O3. The molecule has 1 aliphatic heterocycles. The van der Waals surface area contributed by atoms with Crippen LogP contribution in [0.1, 0.15) is 36.2 Å². The molecule has 2 aromatic carbocycles. The number of halogens is 3. The van der Waals surface area contributed by atoms with Crippen LogP contribution in [-0.4, -0.2) is 34.3 Å². The van der Waals surface area contributed by atoms with Crippen molar-refractivity contribution in [3.05, 3.63) is 69.3 Å². The number of hydrogen-bond acceptors (Lipinski definition) is 4. The van der Waals surface area contributed by atoms with Crippen molar-refractivity contribution in [1.82, 2.24) is 4.57 Å². The summed E-state index contributed by atoms with van der Waals surface area (Å²) in [6.45, 7) is 6.24. The molecule has 1 saturated heterocycles. The van der Waals surface area contributed by atoms with Crippen molar-refractivity contribution < 1.29 is 23.1 Å². The number of carboxylic acids is 1. The van der Waals surface area contributed by atoms with E-state index < -0.39 is 40.0 Å². The average Bonchev–Trinajstić information content (AvgIpc) is 3.21. The van der Waals surface area contributed by atoms with Gasteiger partial charge in [0.2, 0.25) is 5.43 Å². The lowest BCUT2D eigenvalue weighted by Crippen LogP contribution is -2.42. The number of pyridine rings is 1. The van der Waals surface area contributed by atoms with Crippen LogP contribution in [0.5, 0.6) is 0 Å². The van der Waals surface area contributed by atoms with Crippen LogP contribution in [-0.2, 0) is 0 Å². The maximum Gasteiger partial charge on any atom is 0.341 e. The normalized spacial score (nSPS) is 16.6. The van der Waals surface area contributed by atoms with E-state index in [0.29, 0.717) is 19.2 Å². The van der Waals surface area contributed by atoms with Gasteiger partial charge in [0.1, 0.15) is 23.0 Å². The number of nitrogens with zero attached hydrogens (tertiary/aromatic N) is 2. The largest absolute Gasteiger partial charge is 0.477 e. The van der Waals surface area contributed by atoms with E-state index in [2.05, 4.69) is 0 Å². The average molecular weight is 459 g/mol. The molecule has 1 fully saturated rings. The molecule has 2 heterocycles. The van der Waals surface area contributed by atoms with Gasteiger partial charge in [-0.2, -0.15) is 0 Å². The molecule has 3 aromatic rings. The summed E-state index contributed by atoms with van der Waals surface area (Å²) in [5.41, 5.74) is 4.39. The van der Waals surface area contributed by atoms with Crippen molar-refractivity contribution in [3.8, 4) is 5.69 Å². The lowest BCUT2D eigenvalue weighted by molar-refractivity contribution is 0.0695. The van der Waals surface area contributed by atoms with Crippen LogP contribution < -0.4 is 16.1 Å². The van der Waals surface area contributed by atoms with E-state index in [-0.39, 0.29) is 33.8 Å². The molecule has 0 radical (unpaired) electrons. The van der Waals surface area contributed by atoms with Crippen molar-refractivity contribution in [3.63, 3.8) is 0 Å². The number of aromatic nitrogens is 1. The van der Waals surface area contributed by atoms with Gasteiger partial charge in [0.05, 0.1) is 22.3 Å². The molecule has 9 heteroatoms. The Morgan fingerprint density at radius 3 is 2.45 bits per heavy atom. The second-order valence-electron chi connectivity index (χ2n) is 9.12. The van der Waals surface area contributed by atoms with E-state index >= 15 is 4.39 Å². The maximum atomic E-state index is 15.5. The summed E-state index contributed by atoms with van der Waals surface area (Å²) in [5, 5.41) is 9.35. The van der Waals surface area contributed by atoms with Crippen molar-refractivity contribution >= 4 is 22.6 Å². The second kappa shape index (κ2) is 7.91. The molecule has 4 rings (SSSR count). The Labute approximate surface area is 188 Å². The van der Waals surface area contributed by atoms with Crippen LogP contribution in [0, 0.1) is 30.3 Å². The Balaban J connectivity index is 2.02. The Kier molecular flexibility index (Phi) is 5.48. The first kappa shape index (κ1) is 22.8. The summed E-state index contributed by atoms with van der Waals surface area (Å²) in [6, 6.07) is 4.24. The van der Waals surface area contributed by atoms with Gasteiger partial charge in [0.15, 0.2) is 0 Å². The summed E-state index contributed by atoms with van der Waals surface area (Å²) in [4.78, 5) is 26.5. The number of aryl methyl sites for hydroxylation is 1. The van der Waals surface area contributed by atoms with E-state index in [4.69, 9.17) is 5.73 Å². The van der Waals surface area contributed by atoms with Crippen LogP contribution in [0.3, 0.4) is 0 Å². The highest BCUT2D eigenvalue weighted by molar-refractivity contribution is 5.95. The third-order valence-corrected chi connectivity index (χ3v) is 6.43. The molecule has 0 bridgehead atoms. The fraction of sp³-hybridized carbons (Fsp3) is 0.333. The number of benzene rings is 2. The zero-order chi connectivity index (χ0) is 24.2. The van der Waals surface area contributed by atoms with E-state index in [1.807, 2.05) is 18.7 Å². The molecular weight excluding hydrogens is 435 g/mol. The highest BCUT2D eigenvalue weighted by atomic mass is 19.1. The SMILES string of the molecule is Cc1c(F)c(N2CC[C@@H](C(C)(C)N)C2)cc2c1c(=O)c(C(=O)O)cn2-c1ccc(F)cc1F. The minimum atomic E-state index is -1.53. The minimum absolute atomic E-state index is 0.0395. The zero-order valence-electron chi connectivity index (χ0n) is 18.5. The number of carbonyl (C=O) groups is 1. The van der Waals surface area contributed by atoms with Gasteiger partial charge in [-0.25, -0.2) is 18.0 Å². The number of hydrogen-bond donors (Lipinski definition) is 2. The lowest BCUT2D eigenvalue weighted by atomic mass is 9.88. The summed E-state index contributed by atoms with van der Waals surface area (Å²) in [5.74, 6) is -3.83. The number of fused-ring (bicyclic) bond motifs is 1. The van der Waals surface area contributed by atoms with Crippen LogP contribution in [0.4, 0.5) is 18.9 Å². The summed E-state index contributed by atoms with van der Waals surface area (Å²) in [6.07, 6.45) is 1.73. The molecule has 1 atom stereocenters. The molecule has 6 nitrogen and oxygen atoms in total. The van der Waals surface area contributed by atoms with Gasteiger partial charge in [-0.05, 0) is 51.3 Å². The van der Waals surface area contributed by atoms with E-state index in [0.717, 1.165) is 29.3 Å². The smallest absolute Gasteiger partial charge is 0.341 e. The quantitative estimate of drug-likeness (QED) is 0.616. The number of carboxylic acid groups (broad SMARTS) is 1. The van der Waals surface area contributed by atoms with Crippen molar-refractivity contribution in [2.24, 2.45) is 11.7 Å². The lowest BCUT2D eigenvalue weighted by Gasteiger charge is -2.28. The first-order chi connectivity index (χ1) is 15.4. The molecule has 0 aliphatic carbocycles. The molecule has 174 valence electrons. The number of anilines is 1. The molecule has 3 N–H and O–H groups in total. The molecule has 0 unspecified atom stereocenters. The van der Waals surface area contributed by atoms with Crippen LogP contribution >= 0.6 is 0 Å². The molecule has 1 aliphatic rings. The van der Waals surface area contributed by atoms with Gasteiger partial charge in [-0.3, -0.25) is 4.79 Å². The third kappa shape index (κ3) is 3.86. The molecule has 1 aromatic heterocycles. The molecule has 0 amide bonds. The third-order valence-electron chi connectivity index (χ3n) is 6.43. The van der Waals surface area contributed by atoms with Crippen LogP contribution in [0.25, 0.3) is 16.6 Å². The van der Waals surface area contributed by atoms with Gasteiger partial charge < -0.3 is 20.3 Å². The Bertz CT molecular complexity index is 1340. The van der Waals surface area contributed by atoms with E-state index in [9.17, 15) is 23.5 Å². The predicted octanol–water partition coefficient (Wildman–Crippen LogP) is 3.98. The summed E-state index contributed by atoms with van der Waals surface area (Å²) < 4.78 is 44.8. The molecule has 0 spiro atoms. The number of nitrogens with two attached hydrogens (primary N) is 1. The van der Waals surface area contributed by atoms with Crippen LogP contribution in [0.2, 0.25) is 0 Å². The number of aromatic carboxylic acids is 1. The first-order valence-electron chi connectivity index (χ1n) is 10.5. The minimum Gasteiger partial charge on any atom is -0.477 e. The zero-order valence-corrected chi connectivity index (χ0v) is 18.5. The summed E-state index contributed by atoms with van der Waals surface area (Å²) in [7, 11) is 0. The highest BCUT2D eigenvalue weighted by Gasteiger charge is 2.34.